The van der Waals surface area contributed by atoms with Gasteiger partial charge in [-0.1, -0.05) is 40.2 Å². The predicted octanol–water partition coefficient (Wildman–Crippen LogP) is 3.40. The first-order valence-electron chi connectivity index (χ1n) is 6.44. The molecule has 0 saturated carbocycles. The molecular formula is C16H17BrN2O. The van der Waals surface area contributed by atoms with Gasteiger partial charge in [0, 0.05) is 22.6 Å². The van der Waals surface area contributed by atoms with Crippen molar-refractivity contribution in [1.29, 1.82) is 0 Å². The second kappa shape index (κ2) is 6.68. The summed E-state index contributed by atoms with van der Waals surface area (Å²) in [6, 6.07) is 15.8. The van der Waals surface area contributed by atoms with E-state index < -0.39 is 5.91 Å². The SMILES string of the molecule is CC(NCc1cccc(C(N)=O)c1)c1ccc(Br)cc1. The van der Waals surface area contributed by atoms with E-state index in [0.717, 1.165) is 10.0 Å². The van der Waals surface area contributed by atoms with Crippen molar-refractivity contribution in [2.75, 3.05) is 0 Å². The summed E-state index contributed by atoms with van der Waals surface area (Å²) in [5.41, 5.74) is 8.09. The molecule has 4 heteroatoms. The van der Waals surface area contributed by atoms with Crippen molar-refractivity contribution < 1.29 is 4.79 Å². The summed E-state index contributed by atoms with van der Waals surface area (Å²) in [5.74, 6) is -0.396. The molecule has 2 aromatic carbocycles. The quantitative estimate of drug-likeness (QED) is 0.881. The Morgan fingerprint density at radius 3 is 2.60 bits per heavy atom. The molecule has 3 N–H and O–H groups in total. The zero-order valence-electron chi connectivity index (χ0n) is 11.3. The number of nitrogens with one attached hydrogen (secondary N) is 1. The fraction of sp³-hybridized carbons (Fsp3) is 0.188. The van der Waals surface area contributed by atoms with Gasteiger partial charge in [-0.15, -0.1) is 0 Å². The molecule has 1 unspecified atom stereocenters. The van der Waals surface area contributed by atoms with Crippen LogP contribution in [0.3, 0.4) is 0 Å². The topological polar surface area (TPSA) is 55.1 Å². The number of carbonyl (C=O) groups is 1. The molecule has 1 amide bonds. The number of amides is 1. The lowest BCUT2D eigenvalue weighted by molar-refractivity contribution is 0.1000. The number of nitrogens with two attached hydrogens (primary N) is 1. The molecule has 0 aromatic heterocycles. The number of halogens is 1. The standard InChI is InChI=1S/C16H17BrN2O/c1-11(13-5-7-15(17)8-6-13)19-10-12-3-2-4-14(9-12)16(18)20/h2-9,11,19H,10H2,1H3,(H2,18,20). The second-order valence-electron chi connectivity index (χ2n) is 4.72. The van der Waals surface area contributed by atoms with Crippen LogP contribution in [0.25, 0.3) is 0 Å². The van der Waals surface area contributed by atoms with E-state index in [1.807, 2.05) is 30.3 Å². The minimum atomic E-state index is -0.396. The maximum Gasteiger partial charge on any atom is 0.248 e. The van der Waals surface area contributed by atoms with Gasteiger partial charge >= 0.3 is 0 Å². The first-order chi connectivity index (χ1) is 9.56. The first kappa shape index (κ1) is 14.8. The molecule has 104 valence electrons. The number of carbonyl (C=O) groups excluding carboxylic acids is 1. The van der Waals surface area contributed by atoms with Crippen LogP contribution < -0.4 is 11.1 Å². The maximum atomic E-state index is 11.1. The highest BCUT2D eigenvalue weighted by Gasteiger charge is 2.06. The third-order valence-electron chi connectivity index (χ3n) is 3.19. The maximum absolute atomic E-state index is 11.1. The Labute approximate surface area is 127 Å². The highest BCUT2D eigenvalue weighted by molar-refractivity contribution is 9.10. The van der Waals surface area contributed by atoms with Crippen molar-refractivity contribution in [3.63, 3.8) is 0 Å². The Balaban J connectivity index is 1.99. The van der Waals surface area contributed by atoms with Crippen LogP contribution in [0.4, 0.5) is 0 Å². The van der Waals surface area contributed by atoms with E-state index in [9.17, 15) is 4.79 Å². The van der Waals surface area contributed by atoms with Gasteiger partial charge in [-0.2, -0.15) is 0 Å². The van der Waals surface area contributed by atoms with Gasteiger partial charge in [0.15, 0.2) is 0 Å². The van der Waals surface area contributed by atoms with E-state index in [-0.39, 0.29) is 6.04 Å². The Morgan fingerprint density at radius 1 is 1.25 bits per heavy atom. The molecular weight excluding hydrogens is 316 g/mol. The van der Waals surface area contributed by atoms with E-state index in [2.05, 4.69) is 40.3 Å². The second-order valence-corrected chi connectivity index (χ2v) is 5.63. The molecule has 0 spiro atoms. The molecule has 0 fully saturated rings. The highest BCUT2D eigenvalue weighted by Crippen LogP contribution is 2.17. The van der Waals surface area contributed by atoms with Crippen molar-refractivity contribution >= 4 is 21.8 Å². The number of hydrogen-bond acceptors (Lipinski definition) is 2. The predicted molar refractivity (Wildman–Crippen MR) is 84.4 cm³/mol. The Bertz CT molecular complexity index is 596. The molecule has 0 saturated heterocycles. The van der Waals surface area contributed by atoms with Crippen LogP contribution in [0.1, 0.15) is 34.5 Å². The van der Waals surface area contributed by atoms with Crippen molar-refractivity contribution in [3.8, 4) is 0 Å². The molecule has 3 nitrogen and oxygen atoms in total. The van der Waals surface area contributed by atoms with Crippen LogP contribution in [0, 0.1) is 0 Å². The molecule has 0 aliphatic heterocycles. The molecule has 0 heterocycles. The zero-order chi connectivity index (χ0) is 14.5. The monoisotopic (exact) mass is 332 g/mol. The molecule has 1 atom stereocenters. The number of rotatable bonds is 5. The molecule has 0 aliphatic carbocycles. The third kappa shape index (κ3) is 3.92. The van der Waals surface area contributed by atoms with Crippen molar-refractivity contribution in [3.05, 3.63) is 69.7 Å². The van der Waals surface area contributed by atoms with E-state index in [0.29, 0.717) is 12.1 Å². The summed E-state index contributed by atoms with van der Waals surface area (Å²) >= 11 is 3.43. The van der Waals surface area contributed by atoms with Gasteiger partial charge < -0.3 is 11.1 Å². The van der Waals surface area contributed by atoms with Gasteiger partial charge in [0.2, 0.25) is 5.91 Å². The van der Waals surface area contributed by atoms with Crippen LogP contribution in [0.15, 0.2) is 53.0 Å². The molecule has 0 radical (unpaired) electrons. The molecule has 0 aliphatic rings. The van der Waals surface area contributed by atoms with Gasteiger partial charge in [0.1, 0.15) is 0 Å². The molecule has 20 heavy (non-hydrogen) atoms. The average molecular weight is 333 g/mol. The largest absolute Gasteiger partial charge is 0.366 e. The van der Waals surface area contributed by atoms with Crippen molar-refractivity contribution in [2.24, 2.45) is 5.73 Å². The van der Waals surface area contributed by atoms with Crippen LogP contribution in [-0.2, 0) is 6.54 Å². The lowest BCUT2D eigenvalue weighted by atomic mass is 10.1. The van der Waals surface area contributed by atoms with E-state index in [1.54, 1.807) is 6.07 Å². The normalized spacial score (nSPS) is 12.1. The van der Waals surface area contributed by atoms with Gasteiger partial charge in [-0.25, -0.2) is 0 Å². The number of hydrogen-bond donors (Lipinski definition) is 2. The number of primary amides is 1. The smallest absolute Gasteiger partial charge is 0.248 e. The van der Waals surface area contributed by atoms with Crippen molar-refractivity contribution in [1.82, 2.24) is 5.32 Å². The fourth-order valence-corrected chi connectivity index (χ4v) is 2.24. The van der Waals surface area contributed by atoms with E-state index >= 15 is 0 Å². The van der Waals surface area contributed by atoms with Gasteiger partial charge in [0.05, 0.1) is 0 Å². The number of benzene rings is 2. The van der Waals surface area contributed by atoms with Gasteiger partial charge in [0.25, 0.3) is 0 Å². The summed E-state index contributed by atoms with van der Waals surface area (Å²) in [6.07, 6.45) is 0. The summed E-state index contributed by atoms with van der Waals surface area (Å²) in [7, 11) is 0. The van der Waals surface area contributed by atoms with E-state index in [1.165, 1.54) is 5.56 Å². The van der Waals surface area contributed by atoms with Gasteiger partial charge in [-0.3, -0.25) is 4.79 Å². The minimum absolute atomic E-state index is 0.236. The Kier molecular flexibility index (Phi) is 4.93. The Hall–Kier alpha value is -1.65. The minimum Gasteiger partial charge on any atom is -0.366 e. The highest BCUT2D eigenvalue weighted by atomic mass is 79.9. The van der Waals surface area contributed by atoms with Crippen LogP contribution in [0.2, 0.25) is 0 Å². The molecule has 2 rings (SSSR count). The summed E-state index contributed by atoms with van der Waals surface area (Å²) in [4.78, 5) is 11.1. The lowest BCUT2D eigenvalue weighted by Crippen LogP contribution is -2.18. The van der Waals surface area contributed by atoms with Crippen LogP contribution in [0.5, 0.6) is 0 Å². The van der Waals surface area contributed by atoms with Crippen LogP contribution >= 0.6 is 15.9 Å². The summed E-state index contributed by atoms with van der Waals surface area (Å²) in [5, 5.41) is 3.43. The molecule has 0 bridgehead atoms. The molecule has 2 aromatic rings. The van der Waals surface area contributed by atoms with Gasteiger partial charge in [-0.05, 0) is 42.3 Å². The third-order valence-corrected chi connectivity index (χ3v) is 3.72. The summed E-state index contributed by atoms with van der Waals surface area (Å²) in [6.45, 7) is 2.81. The van der Waals surface area contributed by atoms with Crippen LogP contribution in [-0.4, -0.2) is 5.91 Å². The zero-order valence-corrected chi connectivity index (χ0v) is 12.9. The summed E-state index contributed by atoms with van der Waals surface area (Å²) < 4.78 is 1.07. The average Bonchev–Trinajstić information content (AvgIpc) is 2.46. The Morgan fingerprint density at radius 2 is 1.95 bits per heavy atom. The lowest BCUT2D eigenvalue weighted by Gasteiger charge is -2.14. The van der Waals surface area contributed by atoms with Crippen molar-refractivity contribution in [2.45, 2.75) is 19.5 Å². The first-order valence-corrected chi connectivity index (χ1v) is 7.23. The fourth-order valence-electron chi connectivity index (χ4n) is 1.97. The van der Waals surface area contributed by atoms with E-state index in [4.69, 9.17) is 5.73 Å².